The van der Waals surface area contributed by atoms with Gasteiger partial charge in [-0.3, -0.25) is 14.6 Å². The number of hydrogen-bond acceptors (Lipinski definition) is 5. The number of nitrogens with one attached hydrogen (secondary N) is 2. The fraction of sp³-hybridized carbons (Fsp3) is 0.300. The maximum Gasteiger partial charge on any atom is 0.325 e. The molecule has 0 atom stereocenters. The number of thiazole rings is 1. The van der Waals surface area contributed by atoms with Gasteiger partial charge in [0.25, 0.3) is 5.56 Å². The van der Waals surface area contributed by atoms with Gasteiger partial charge in [0, 0.05) is 16.6 Å². The van der Waals surface area contributed by atoms with E-state index in [0.717, 1.165) is 10.6 Å². The van der Waals surface area contributed by atoms with Crippen molar-refractivity contribution in [1.29, 1.82) is 0 Å². The van der Waals surface area contributed by atoms with Crippen molar-refractivity contribution >= 4 is 17.2 Å². The van der Waals surface area contributed by atoms with Crippen molar-refractivity contribution in [2.45, 2.75) is 39.3 Å². The second kappa shape index (κ2) is 7.20. The SMILES string of the molecule is CC(C)c1ccc(-c2nc(CC(=O)N3Cc4[nH]c(=O)[nH]c(=O)c4C3)cs2)cc1. The molecule has 0 spiro atoms. The summed E-state index contributed by atoms with van der Waals surface area (Å²) in [6.07, 6.45) is 0.163. The van der Waals surface area contributed by atoms with Crippen molar-refractivity contribution in [3.63, 3.8) is 0 Å². The Bertz CT molecular complexity index is 1140. The van der Waals surface area contributed by atoms with Gasteiger partial charge in [0.05, 0.1) is 30.8 Å². The lowest BCUT2D eigenvalue weighted by molar-refractivity contribution is -0.131. The molecule has 4 rings (SSSR count). The fourth-order valence-electron chi connectivity index (χ4n) is 3.27. The number of carbonyl (C=O) groups is 1. The molecule has 2 N–H and O–H groups in total. The number of amides is 1. The van der Waals surface area contributed by atoms with Crippen LogP contribution in [0.2, 0.25) is 0 Å². The molecule has 144 valence electrons. The van der Waals surface area contributed by atoms with E-state index in [0.29, 0.717) is 22.9 Å². The summed E-state index contributed by atoms with van der Waals surface area (Å²) in [5.41, 5.74) is 2.98. The molecule has 3 heterocycles. The average molecular weight is 396 g/mol. The Balaban J connectivity index is 1.46. The summed E-state index contributed by atoms with van der Waals surface area (Å²) in [4.78, 5) is 46.8. The lowest BCUT2D eigenvalue weighted by Crippen LogP contribution is -2.28. The van der Waals surface area contributed by atoms with Gasteiger partial charge in [-0.25, -0.2) is 9.78 Å². The number of benzene rings is 1. The van der Waals surface area contributed by atoms with Crippen LogP contribution >= 0.6 is 11.3 Å². The van der Waals surface area contributed by atoms with Gasteiger partial charge in [-0.05, 0) is 11.5 Å². The van der Waals surface area contributed by atoms with Crippen LogP contribution < -0.4 is 11.2 Å². The second-order valence-electron chi connectivity index (χ2n) is 7.21. The molecule has 1 aromatic carbocycles. The minimum atomic E-state index is -0.550. The Morgan fingerprint density at radius 3 is 2.64 bits per heavy atom. The zero-order valence-corrected chi connectivity index (χ0v) is 16.4. The van der Waals surface area contributed by atoms with Crippen LogP contribution in [0.5, 0.6) is 0 Å². The van der Waals surface area contributed by atoms with E-state index in [9.17, 15) is 14.4 Å². The monoisotopic (exact) mass is 396 g/mol. The number of fused-ring (bicyclic) bond motifs is 1. The zero-order valence-electron chi connectivity index (χ0n) is 15.6. The first-order valence-corrected chi connectivity index (χ1v) is 9.95. The standard InChI is InChI=1S/C20H20N4O3S/c1-11(2)12-3-5-13(6-4-12)19-21-14(10-28-19)7-17(25)24-8-15-16(9-24)22-20(27)23-18(15)26/h3-6,10-11H,7-9H2,1-2H3,(H2,22,23,26,27). The van der Waals surface area contributed by atoms with Gasteiger partial charge in [-0.1, -0.05) is 38.1 Å². The topological polar surface area (TPSA) is 98.9 Å². The molecule has 0 radical (unpaired) electrons. The van der Waals surface area contributed by atoms with Crippen LogP contribution in [0.3, 0.4) is 0 Å². The lowest BCUT2D eigenvalue weighted by Gasteiger charge is -2.13. The zero-order chi connectivity index (χ0) is 19.8. The van der Waals surface area contributed by atoms with Crippen LogP contribution in [0.15, 0.2) is 39.2 Å². The molecular weight excluding hydrogens is 376 g/mol. The van der Waals surface area contributed by atoms with E-state index in [2.05, 4.69) is 53.1 Å². The Labute approximate surface area is 165 Å². The molecule has 0 aliphatic carbocycles. The Kier molecular flexibility index (Phi) is 4.72. The highest BCUT2D eigenvalue weighted by Gasteiger charge is 2.27. The van der Waals surface area contributed by atoms with Gasteiger partial charge in [0.1, 0.15) is 5.01 Å². The molecule has 0 unspecified atom stereocenters. The van der Waals surface area contributed by atoms with E-state index in [1.165, 1.54) is 16.9 Å². The smallest absolute Gasteiger partial charge is 0.325 e. The Morgan fingerprint density at radius 2 is 1.93 bits per heavy atom. The number of aromatic amines is 2. The molecule has 0 fully saturated rings. The number of nitrogens with zero attached hydrogens (tertiary/aromatic N) is 2. The molecule has 7 nitrogen and oxygen atoms in total. The minimum absolute atomic E-state index is 0.122. The quantitative estimate of drug-likeness (QED) is 0.707. The second-order valence-corrected chi connectivity index (χ2v) is 8.07. The third-order valence-corrected chi connectivity index (χ3v) is 5.83. The van der Waals surface area contributed by atoms with Gasteiger partial charge in [0.15, 0.2) is 0 Å². The molecule has 0 saturated heterocycles. The normalized spacial score (nSPS) is 13.2. The maximum atomic E-state index is 12.6. The first kappa shape index (κ1) is 18.4. The van der Waals surface area contributed by atoms with Crippen LogP contribution in [0.4, 0.5) is 0 Å². The van der Waals surface area contributed by atoms with Crippen molar-refractivity contribution in [3.05, 3.63) is 73.0 Å². The molecule has 28 heavy (non-hydrogen) atoms. The molecule has 0 bridgehead atoms. The lowest BCUT2D eigenvalue weighted by atomic mass is 10.0. The number of rotatable bonds is 4. The summed E-state index contributed by atoms with van der Waals surface area (Å²) < 4.78 is 0. The molecule has 3 aromatic rings. The summed E-state index contributed by atoms with van der Waals surface area (Å²) in [7, 11) is 0. The highest BCUT2D eigenvalue weighted by Crippen LogP contribution is 2.26. The first-order chi connectivity index (χ1) is 13.4. The van der Waals surface area contributed by atoms with Gasteiger partial charge >= 0.3 is 5.69 Å². The Morgan fingerprint density at radius 1 is 1.18 bits per heavy atom. The first-order valence-electron chi connectivity index (χ1n) is 9.07. The van der Waals surface area contributed by atoms with Gasteiger partial charge in [-0.15, -0.1) is 11.3 Å². The highest BCUT2D eigenvalue weighted by molar-refractivity contribution is 7.13. The van der Waals surface area contributed by atoms with Crippen molar-refractivity contribution in [2.24, 2.45) is 0 Å². The highest BCUT2D eigenvalue weighted by atomic mass is 32.1. The molecule has 1 aliphatic rings. The van der Waals surface area contributed by atoms with Crippen LogP contribution in [-0.4, -0.2) is 25.8 Å². The van der Waals surface area contributed by atoms with Gasteiger partial charge in [-0.2, -0.15) is 0 Å². The van der Waals surface area contributed by atoms with Crippen LogP contribution in [-0.2, 0) is 24.3 Å². The van der Waals surface area contributed by atoms with Crippen molar-refractivity contribution in [2.75, 3.05) is 0 Å². The minimum Gasteiger partial charge on any atom is -0.332 e. The predicted octanol–water partition coefficient (Wildman–Crippen LogP) is 2.40. The van der Waals surface area contributed by atoms with E-state index >= 15 is 0 Å². The Hall–Kier alpha value is -3.00. The molecule has 1 amide bonds. The van der Waals surface area contributed by atoms with Crippen LogP contribution in [0.1, 0.15) is 42.3 Å². The summed E-state index contributed by atoms with van der Waals surface area (Å²) in [5.74, 6) is 0.355. The van der Waals surface area contributed by atoms with E-state index < -0.39 is 11.2 Å². The molecule has 1 aliphatic heterocycles. The van der Waals surface area contributed by atoms with Crippen molar-refractivity contribution in [3.8, 4) is 10.6 Å². The van der Waals surface area contributed by atoms with Crippen LogP contribution in [0.25, 0.3) is 10.6 Å². The molecule has 8 heteroatoms. The molecule has 0 saturated carbocycles. The van der Waals surface area contributed by atoms with Gasteiger partial charge < -0.3 is 9.88 Å². The summed E-state index contributed by atoms with van der Waals surface area (Å²) in [6.45, 7) is 4.75. The predicted molar refractivity (Wildman–Crippen MR) is 107 cm³/mol. The number of carbonyl (C=O) groups excluding carboxylic acids is 1. The van der Waals surface area contributed by atoms with Crippen molar-refractivity contribution < 1.29 is 4.79 Å². The summed E-state index contributed by atoms with van der Waals surface area (Å²) in [5, 5.41) is 2.77. The van der Waals surface area contributed by atoms with E-state index in [4.69, 9.17) is 0 Å². The number of H-pyrrole nitrogens is 2. The van der Waals surface area contributed by atoms with Crippen LogP contribution in [0, 0.1) is 0 Å². The van der Waals surface area contributed by atoms with E-state index in [1.54, 1.807) is 4.90 Å². The molecule has 2 aromatic heterocycles. The fourth-order valence-corrected chi connectivity index (χ4v) is 4.10. The number of aromatic nitrogens is 3. The third kappa shape index (κ3) is 3.55. The largest absolute Gasteiger partial charge is 0.332 e. The maximum absolute atomic E-state index is 12.6. The van der Waals surface area contributed by atoms with E-state index in [-0.39, 0.29) is 25.4 Å². The molecular formula is C20H20N4O3S. The van der Waals surface area contributed by atoms with Gasteiger partial charge in [0.2, 0.25) is 5.91 Å². The average Bonchev–Trinajstić information content (AvgIpc) is 3.29. The summed E-state index contributed by atoms with van der Waals surface area (Å²) in [6, 6.07) is 8.32. The number of hydrogen-bond donors (Lipinski definition) is 2. The third-order valence-electron chi connectivity index (χ3n) is 4.89. The van der Waals surface area contributed by atoms with Crippen molar-refractivity contribution in [1.82, 2.24) is 19.9 Å². The summed E-state index contributed by atoms with van der Waals surface area (Å²) >= 11 is 1.51. The van der Waals surface area contributed by atoms with E-state index in [1.807, 2.05) is 5.38 Å².